The van der Waals surface area contributed by atoms with Crippen LogP contribution in [0.3, 0.4) is 0 Å². The average Bonchev–Trinajstić information content (AvgIpc) is 3.23. The number of nitrogens with one attached hydrogen (secondary N) is 1. The quantitative estimate of drug-likeness (QED) is 0.557. The molecule has 3 rings (SSSR count). The Labute approximate surface area is 188 Å². The molecule has 0 aliphatic carbocycles. The Morgan fingerprint density at radius 3 is 2.19 bits per heavy atom. The molecule has 1 unspecified atom stereocenters. The van der Waals surface area contributed by atoms with E-state index in [0.717, 1.165) is 5.56 Å². The summed E-state index contributed by atoms with van der Waals surface area (Å²) in [7, 11) is -2.05. The van der Waals surface area contributed by atoms with Gasteiger partial charge in [0.15, 0.2) is 6.04 Å². The molecule has 1 N–H and O–H groups in total. The lowest BCUT2D eigenvalue weighted by atomic mass is 10.0. The van der Waals surface area contributed by atoms with Gasteiger partial charge in [0.25, 0.3) is 5.91 Å². The molecule has 32 heavy (non-hydrogen) atoms. The number of rotatable bonds is 8. The highest BCUT2D eigenvalue weighted by Crippen LogP contribution is 2.23. The van der Waals surface area contributed by atoms with Gasteiger partial charge in [0, 0.05) is 24.3 Å². The van der Waals surface area contributed by atoms with E-state index in [-0.39, 0.29) is 22.8 Å². The molecule has 0 aliphatic heterocycles. The maximum absolute atomic E-state index is 13.0. The van der Waals surface area contributed by atoms with Crippen LogP contribution in [0.15, 0.2) is 59.5 Å². The van der Waals surface area contributed by atoms with Gasteiger partial charge in [0.2, 0.25) is 15.8 Å². The standard InChI is InChI=1S/C22H28N6O3S/c1-15(2)20(28-25-21(24-26-28)17-9-7-6-8-10-17)22(29)23-18-11-13-19(14-12-18)32(30,31)27(5)16(3)4/h6-16,20H,1-5H3,(H,23,29). The molecule has 1 atom stereocenters. The fraction of sp³-hybridized carbons (Fsp3) is 0.364. The summed E-state index contributed by atoms with van der Waals surface area (Å²) in [6.07, 6.45) is 0. The molecular weight excluding hydrogens is 428 g/mol. The highest BCUT2D eigenvalue weighted by molar-refractivity contribution is 7.89. The zero-order valence-corrected chi connectivity index (χ0v) is 19.6. The lowest BCUT2D eigenvalue weighted by Crippen LogP contribution is -2.33. The van der Waals surface area contributed by atoms with Crippen molar-refractivity contribution in [2.75, 3.05) is 12.4 Å². The van der Waals surface area contributed by atoms with E-state index in [0.29, 0.717) is 11.5 Å². The Morgan fingerprint density at radius 2 is 1.62 bits per heavy atom. The average molecular weight is 457 g/mol. The number of anilines is 1. The number of hydrogen-bond donors (Lipinski definition) is 1. The summed E-state index contributed by atoms with van der Waals surface area (Å²) < 4.78 is 26.5. The molecule has 1 heterocycles. The van der Waals surface area contributed by atoms with Crippen LogP contribution in [0.1, 0.15) is 33.7 Å². The third-order valence-electron chi connectivity index (χ3n) is 5.14. The minimum absolute atomic E-state index is 0.104. The molecule has 1 aromatic heterocycles. The van der Waals surface area contributed by atoms with E-state index < -0.39 is 16.1 Å². The normalized spacial score (nSPS) is 13.0. The van der Waals surface area contributed by atoms with E-state index >= 15 is 0 Å². The van der Waals surface area contributed by atoms with Gasteiger partial charge in [-0.2, -0.15) is 9.10 Å². The van der Waals surface area contributed by atoms with E-state index in [1.54, 1.807) is 26.0 Å². The molecule has 0 aliphatic rings. The third kappa shape index (κ3) is 5.03. The summed E-state index contributed by atoms with van der Waals surface area (Å²) in [5, 5.41) is 15.4. The fourth-order valence-corrected chi connectivity index (χ4v) is 4.46. The van der Waals surface area contributed by atoms with Crippen LogP contribution in [0.2, 0.25) is 0 Å². The predicted octanol–water partition coefficient (Wildman–Crippen LogP) is 3.20. The van der Waals surface area contributed by atoms with E-state index in [1.807, 2.05) is 44.2 Å². The highest BCUT2D eigenvalue weighted by atomic mass is 32.2. The van der Waals surface area contributed by atoms with Crippen molar-refractivity contribution in [1.29, 1.82) is 0 Å². The molecule has 3 aromatic rings. The molecule has 2 aromatic carbocycles. The molecule has 0 saturated heterocycles. The first-order chi connectivity index (χ1) is 15.1. The van der Waals surface area contributed by atoms with Crippen LogP contribution in [0.4, 0.5) is 5.69 Å². The van der Waals surface area contributed by atoms with Gasteiger partial charge in [0.05, 0.1) is 4.90 Å². The van der Waals surface area contributed by atoms with Crippen LogP contribution < -0.4 is 5.32 Å². The van der Waals surface area contributed by atoms with Crippen LogP contribution >= 0.6 is 0 Å². The molecule has 0 radical (unpaired) electrons. The van der Waals surface area contributed by atoms with E-state index in [1.165, 1.54) is 28.3 Å². The third-order valence-corrected chi connectivity index (χ3v) is 7.18. The van der Waals surface area contributed by atoms with Crippen molar-refractivity contribution in [3.8, 4) is 11.4 Å². The molecule has 0 bridgehead atoms. The number of hydrogen-bond acceptors (Lipinski definition) is 6. The largest absolute Gasteiger partial charge is 0.324 e. The van der Waals surface area contributed by atoms with Crippen molar-refractivity contribution in [2.24, 2.45) is 5.92 Å². The van der Waals surface area contributed by atoms with Crippen LogP contribution in [0.25, 0.3) is 11.4 Å². The van der Waals surface area contributed by atoms with Gasteiger partial charge in [0.1, 0.15) is 0 Å². The second-order valence-electron chi connectivity index (χ2n) is 8.12. The molecular formula is C22H28N6O3S. The van der Waals surface area contributed by atoms with Crippen molar-refractivity contribution < 1.29 is 13.2 Å². The predicted molar refractivity (Wildman–Crippen MR) is 122 cm³/mol. The van der Waals surface area contributed by atoms with Gasteiger partial charge >= 0.3 is 0 Å². The van der Waals surface area contributed by atoms with Gasteiger partial charge in [-0.1, -0.05) is 44.2 Å². The van der Waals surface area contributed by atoms with Gasteiger partial charge in [-0.15, -0.1) is 10.2 Å². The maximum Gasteiger partial charge on any atom is 0.251 e. The van der Waals surface area contributed by atoms with Gasteiger partial charge in [-0.05, 0) is 49.2 Å². The lowest BCUT2D eigenvalue weighted by molar-refractivity contribution is -0.121. The zero-order chi connectivity index (χ0) is 23.5. The first-order valence-electron chi connectivity index (χ1n) is 10.3. The fourth-order valence-electron chi connectivity index (χ4n) is 3.09. The van der Waals surface area contributed by atoms with Crippen LogP contribution in [-0.2, 0) is 14.8 Å². The van der Waals surface area contributed by atoms with Crippen molar-refractivity contribution >= 4 is 21.6 Å². The van der Waals surface area contributed by atoms with Gasteiger partial charge < -0.3 is 5.32 Å². The molecule has 1 amide bonds. The van der Waals surface area contributed by atoms with Gasteiger partial charge in [-0.3, -0.25) is 4.79 Å². The Morgan fingerprint density at radius 1 is 1.00 bits per heavy atom. The molecule has 9 nitrogen and oxygen atoms in total. The van der Waals surface area contributed by atoms with Crippen molar-refractivity contribution in [2.45, 2.75) is 44.7 Å². The second-order valence-corrected chi connectivity index (χ2v) is 10.1. The summed E-state index contributed by atoms with van der Waals surface area (Å²) in [6, 6.07) is 14.7. The molecule has 10 heteroatoms. The molecule has 0 spiro atoms. The lowest BCUT2D eigenvalue weighted by Gasteiger charge is -2.21. The maximum atomic E-state index is 13.0. The topological polar surface area (TPSA) is 110 Å². The number of carbonyl (C=O) groups is 1. The summed E-state index contributed by atoms with van der Waals surface area (Å²) in [5.74, 6) is 0.0203. The number of benzene rings is 2. The van der Waals surface area contributed by atoms with Crippen molar-refractivity contribution in [3.05, 3.63) is 54.6 Å². The molecule has 0 fully saturated rings. The number of tetrazole rings is 1. The minimum atomic E-state index is -3.59. The van der Waals surface area contributed by atoms with Crippen molar-refractivity contribution in [1.82, 2.24) is 24.5 Å². The minimum Gasteiger partial charge on any atom is -0.324 e. The van der Waals surface area contributed by atoms with Crippen molar-refractivity contribution in [3.63, 3.8) is 0 Å². The smallest absolute Gasteiger partial charge is 0.251 e. The highest BCUT2D eigenvalue weighted by Gasteiger charge is 2.28. The first kappa shape index (κ1) is 23.6. The Kier molecular flexibility index (Phi) is 7.05. The number of aromatic nitrogens is 4. The summed E-state index contributed by atoms with van der Waals surface area (Å²) in [4.78, 5) is 14.5. The van der Waals surface area contributed by atoms with E-state index in [2.05, 4.69) is 20.7 Å². The summed E-state index contributed by atoms with van der Waals surface area (Å²) in [5.41, 5.74) is 1.29. The number of carbonyl (C=O) groups excluding carboxylic acids is 1. The van der Waals surface area contributed by atoms with E-state index in [4.69, 9.17) is 0 Å². The zero-order valence-electron chi connectivity index (χ0n) is 18.8. The Bertz CT molecular complexity index is 1160. The SMILES string of the molecule is CC(C)C(C(=O)Nc1ccc(S(=O)(=O)N(C)C(C)C)cc1)n1nnc(-c2ccccc2)n1. The monoisotopic (exact) mass is 456 g/mol. The van der Waals surface area contributed by atoms with Gasteiger partial charge in [-0.25, -0.2) is 8.42 Å². The Balaban J connectivity index is 1.78. The van der Waals surface area contributed by atoms with Crippen LogP contribution in [0, 0.1) is 5.92 Å². The van der Waals surface area contributed by atoms with E-state index in [9.17, 15) is 13.2 Å². The summed E-state index contributed by atoms with van der Waals surface area (Å²) in [6.45, 7) is 7.40. The molecule has 170 valence electrons. The number of amides is 1. The second kappa shape index (κ2) is 9.58. The van der Waals surface area contributed by atoms with Crippen LogP contribution in [0.5, 0.6) is 0 Å². The first-order valence-corrected chi connectivity index (χ1v) is 11.8. The van der Waals surface area contributed by atoms with Crippen LogP contribution in [-0.4, -0.2) is 51.9 Å². The molecule has 0 saturated carbocycles. The summed E-state index contributed by atoms with van der Waals surface area (Å²) >= 11 is 0. The Hall–Kier alpha value is -3.11. The number of nitrogens with zero attached hydrogens (tertiary/aromatic N) is 5. The number of sulfonamides is 1.